The smallest absolute Gasteiger partial charge is 0.144 e. The maximum Gasteiger partial charge on any atom is 0.144 e. The van der Waals surface area contributed by atoms with Crippen LogP contribution in [0.5, 0.6) is 0 Å². The second-order valence-electron chi connectivity index (χ2n) is 4.24. The first-order valence-corrected chi connectivity index (χ1v) is 5.65. The van der Waals surface area contributed by atoms with Crippen molar-refractivity contribution in [1.82, 2.24) is 0 Å². The number of hydrogen-bond acceptors (Lipinski definition) is 2. The molecule has 0 saturated carbocycles. The largest absolute Gasteiger partial charge is 0.381 e. The molecule has 1 saturated heterocycles. The van der Waals surface area contributed by atoms with Gasteiger partial charge in [0.15, 0.2) is 0 Å². The summed E-state index contributed by atoms with van der Waals surface area (Å²) in [6, 6.07) is 0. The van der Waals surface area contributed by atoms with Gasteiger partial charge in [-0.2, -0.15) is 4.40 Å². The summed E-state index contributed by atoms with van der Waals surface area (Å²) in [6.07, 6.45) is 2.79. The van der Waals surface area contributed by atoms with Gasteiger partial charge in [0, 0.05) is 18.7 Å². The van der Waals surface area contributed by atoms with Crippen molar-refractivity contribution in [3.8, 4) is 0 Å². The molecule has 3 nitrogen and oxygen atoms in total. The standard InChI is InChI=1S/C9H17NO2S/c1-9(2,3)13(11)10-6-8-4-5-12-7-8/h6,8H,4-5,7H2,1-3H3/t8-,13?/m1/s1. The van der Waals surface area contributed by atoms with E-state index in [0.29, 0.717) is 5.92 Å². The normalized spacial score (nSPS) is 26.8. The predicted octanol–water partition coefficient (Wildman–Crippen LogP) is 1.56. The van der Waals surface area contributed by atoms with E-state index in [1.807, 2.05) is 20.8 Å². The molecule has 1 fully saturated rings. The van der Waals surface area contributed by atoms with Crippen molar-refractivity contribution in [1.29, 1.82) is 0 Å². The van der Waals surface area contributed by atoms with Gasteiger partial charge >= 0.3 is 0 Å². The maximum atomic E-state index is 11.5. The van der Waals surface area contributed by atoms with Gasteiger partial charge in [-0.1, -0.05) is 0 Å². The highest BCUT2D eigenvalue weighted by Gasteiger charge is 2.19. The molecule has 0 aromatic carbocycles. The minimum absolute atomic E-state index is 0.254. The van der Waals surface area contributed by atoms with Gasteiger partial charge in [-0.15, -0.1) is 0 Å². The molecule has 1 aliphatic rings. The highest BCUT2D eigenvalue weighted by Crippen LogP contribution is 2.14. The number of nitrogens with zero attached hydrogens (tertiary/aromatic N) is 1. The molecule has 0 aromatic heterocycles. The van der Waals surface area contributed by atoms with E-state index < -0.39 is 11.0 Å². The summed E-state index contributed by atoms with van der Waals surface area (Å²) in [5, 5.41) is 0. The lowest BCUT2D eigenvalue weighted by Gasteiger charge is -2.13. The first-order chi connectivity index (χ1) is 6.00. The van der Waals surface area contributed by atoms with Crippen molar-refractivity contribution in [2.75, 3.05) is 13.2 Å². The molecule has 0 N–H and O–H groups in total. The Balaban J connectivity index is 2.43. The summed E-state index contributed by atoms with van der Waals surface area (Å²) >= 11 is 0. The Hall–Kier alpha value is -0.220. The van der Waals surface area contributed by atoms with E-state index in [1.165, 1.54) is 0 Å². The van der Waals surface area contributed by atoms with Crippen molar-refractivity contribution in [3.05, 3.63) is 0 Å². The maximum absolute atomic E-state index is 11.5. The highest BCUT2D eigenvalue weighted by molar-refractivity contribution is 7.85. The monoisotopic (exact) mass is 203 g/mol. The van der Waals surface area contributed by atoms with Gasteiger partial charge in [0.25, 0.3) is 0 Å². The average Bonchev–Trinajstić information content (AvgIpc) is 2.50. The van der Waals surface area contributed by atoms with E-state index in [-0.39, 0.29) is 4.75 Å². The van der Waals surface area contributed by atoms with Gasteiger partial charge in [-0.3, -0.25) is 0 Å². The fraction of sp³-hybridized carbons (Fsp3) is 0.889. The lowest BCUT2D eigenvalue weighted by atomic mass is 10.1. The molecular formula is C9H17NO2S. The van der Waals surface area contributed by atoms with Crippen LogP contribution < -0.4 is 0 Å². The van der Waals surface area contributed by atoms with Gasteiger partial charge in [0.05, 0.1) is 11.4 Å². The van der Waals surface area contributed by atoms with Crippen LogP contribution in [-0.4, -0.2) is 28.4 Å². The molecule has 1 aliphatic heterocycles. The van der Waals surface area contributed by atoms with Gasteiger partial charge in [-0.25, -0.2) is 4.21 Å². The van der Waals surface area contributed by atoms with Gasteiger partial charge in [-0.05, 0) is 27.2 Å². The van der Waals surface area contributed by atoms with Crippen molar-refractivity contribution >= 4 is 17.2 Å². The third kappa shape index (κ3) is 3.56. The molecule has 1 rings (SSSR count). The first kappa shape index (κ1) is 10.9. The highest BCUT2D eigenvalue weighted by atomic mass is 32.2. The van der Waals surface area contributed by atoms with E-state index in [4.69, 9.17) is 4.74 Å². The average molecular weight is 203 g/mol. The number of hydrogen-bond donors (Lipinski definition) is 0. The van der Waals surface area contributed by atoms with Crippen LogP contribution in [0.2, 0.25) is 0 Å². The van der Waals surface area contributed by atoms with E-state index >= 15 is 0 Å². The minimum Gasteiger partial charge on any atom is -0.381 e. The van der Waals surface area contributed by atoms with E-state index in [9.17, 15) is 4.21 Å². The quantitative estimate of drug-likeness (QED) is 0.639. The van der Waals surface area contributed by atoms with Crippen LogP contribution in [0.15, 0.2) is 4.40 Å². The number of ether oxygens (including phenoxy) is 1. The summed E-state index contributed by atoms with van der Waals surface area (Å²) in [4.78, 5) is 0. The van der Waals surface area contributed by atoms with Crippen molar-refractivity contribution in [3.63, 3.8) is 0 Å². The zero-order chi connectivity index (χ0) is 9.90. The molecule has 0 radical (unpaired) electrons. The third-order valence-corrected chi connectivity index (χ3v) is 3.22. The second kappa shape index (κ2) is 4.33. The van der Waals surface area contributed by atoms with Crippen LogP contribution in [0.4, 0.5) is 0 Å². The van der Waals surface area contributed by atoms with Crippen LogP contribution in [0, 0.1) is 5.92 Å². The summed E-state index contributed by atoms with van der Waals surface area (Å²) in [5.41, 5.74) is 0. The molecule has 2 atom stereocenters. The van der Waals surface area contributed by atoms with Crippen LogP contribution in [0.3, 0.4) is 0 Å². The van der Waals surface area contributed by atoms with E-state index in [1.54, 1.807) is 6.21 Å². The molecule has 1 heterocycles. The fourth-order valence-electron chi connectivity index (χ4n) is 0.970. The Bertz CT molecular complexity index is 214. The fourth-order valence-corrected chi connectivity index (χ4v) is 1.57. The minimum atomic E-state index is -1.12. The van der Waals surface area contributed by atoms with Crippen molar-refractivity contribution in [2.45, 2.75) is 31.9 Å². The lowest BCUT2D eigenvalue weighted by molar-refractivity contribution is 0.193. The Morgan fingerprint density at radius 3 is 2.69 bits per heavy atom. The van der Waals surface area contributed by atoms with Gasteiger partial charge in [0.1, 0.15) is 11.0 Å². The predicted molar refractivity (Wildman–Crippen MR) is 55.3 cm³/mol. The zero-order valence-electron chi connectivity index (χ0n) is 8.45. The molecule has 76 valence electrons. The number of rotatable bonds is 2. The Kier molecular flexibility index (Phi) is 3.62. The topological polar surface area (TPSA) is 38.7 Å². The molecule has 13 heavy (non-hydrogen) atoms. The third-order valence-electron chi connectivity index (χ3n) is 1.86. The summed E-state index contributed by atoms with van der Waals surface area (Å²) in [5.74, 6) is 0.367. The Morgan fingerprint density at radius 2 is 2.23 bits per heavy atom. The summed E-state index contributed by atoms with van der Waals surface area (Å²) in [6.45, 7) is 7.30. The molecule has 1 unspecified atom stereocenters. The van der Waals surface area contributed by atoms with Crippen molar-refractivity contribution in [2.24, 2.45) is 10.3 Å². The Morgan fingerprint density at radius 1 is 1.54 bits per heavy atom. The molecule has 4 heteroatoms. The molecule has 0 aromatic rings. The zero-order valence-corrected chi connectivity index (χ0v) is 9.26. The summed E-state index contributed by atoms with van der Waals surface area (Å²) in [7, 11) is -1.12. The molecule has 0 aliphatic carbocycles. The van der Waals surface area contributed by atoms with Crippen LogP contribution in [0.1, 0.15) is 27.2 Å². The molecule has 0 spiro atoms. The van der Waals surface area contributed by atoms with Crippen molar-refractivity contribution < 1.29 is 8.95 Å². The van der Waals surface area contributed by atoms with Crippen LogP contribution >= 0.6 is 0 Å². The van der Waals surface area contributed by atoms with E-state index in [2.05, 4.69) is 4.40 Å². The van der Waals surface area contributed by atoms with Gasteiger partial charge in [0.2, 0.25) is 0 Å². The van der Waals surface area contributed by atoms with Gasteiger partial charge < -0.3 is 4.74 Å². The van der Waals surface area contributed by atoms with E-state index in [0.717, 1.165) is 19.6 Å². The second-order valence-corrected chi connectivity index (χ2v) is 6.17. The summed E-state index contributed by atoms with van der Waals surface area (Å²) < 4.78 is 20.5. The first-order valence-electron chi connectivity index (χ1n) is 4.54. The molecule has 0 bridgehead atoms. The van der Waals surface area contributed by atoms with Crippen LogP contribution in [0.25, 0.3) is 0 Å². The molecular weight excluding hydrogens is 186 g/mol. The SMILES string of the molecule is CC(C)(C)S(=O)N=C[C@H]1CCOC1. The lowest BCUT2D eigenvalue weighted by Crippen LogP contribution is -2.20. The Labute approximate surface area is 82.2 Å². The molecule has 0 amide bonds. The van der Waals surface area contributed by atoms with Crippen LogP contribution in [-0.2, 0) is 15.7 Å².